The lowest BCUT2D eigenvalue weighted by atomic mass is 10.0. The molecule has 4 rings (SSSR count). The van der Waals surface area contributed by atoms with Crippen molar-refractivity contribution >= 4 is 27.5 Å². The average molecular weight is 457 g/mol. The van der Waals surface area contributed by atoms with Gasteiger partial charge in [-0.25, -0.2) is 13.3 Å². The first-order valence-electron chi connectivity index (χ1n) is 10.7. The van der Waals surface area contributed by atoms with Gasteiger partial charge in [-0.05, 0) is 87.1 Å². The fourth-order valence-electron chi connectivity index (χ4n) is 4.44. The van der Waals surface area contributed by atoms with Crippen LogP contribution in [0.15, 0.2) is 35.2 Å². The first-order chi connectivity index (χ1) is 15.1. The SMILES string of the molecule is COc1ccc(N2C(=O)CC(N(C3CC3)S(=O)(=O)c3c(C)c(C)cc(C)c3C)C2=O)cc1. The lowest BCUT2D eigenvalue weighted by Gasteiger charge is -2.29. The van der Waals surface area contributed by atoms with Gasteiger partial charge in [0.15, 0.2) is 0 Å². The molecule has 7 nitrogen and oxygen atoms in total. The van der Waals surface area contributed by atoms with Crippen LogP contribution in [0, 0.1) is 27.7 Å². The molecule has 2 aliphatic rings. The van der Waals surface area contributed by atoms with Crippen molar-refractivity contribution in [2.24, 2.45) is 0 Å². The van der Waals surface area contributed by atoms with E-state index in [0.717, 1.165) is 16.0 Å². The zero-order valence-corrected chi connectivity index (χ0v) is 19.8. The van der Waals surface area contributed by atoms with Crippen LogP contribution in [-0.2, 0) is 19.6 Å². The number of nitrogens with zero attached hydrogens (tertiary/aromatic N) is 2. The van der Waals surface area contributed by atoms with Gasteiger partial charge in [0, 0.05) is 6.04 Å². The Morgan fingerprint density at radius 3 is 2.03 bits per heavy atom. The van der Waals surface area contributed by atoms with E-state index in [1.807, 2.05) is 19.9 Å². The molecule has 1 aliphatic carbocycles. The van der Waals surface area contributed by atoms with Crippen LogP contribution in [-0.4, -0.2) is 43.7 Å². The molecule has 0 bridgehead atoms. The Morgan fingerprint density at radius 2 is 1.53 bits per heavy atom. The minimum atomic E-state index is -3.99. The summed E-state index contributed by atoms with van der Waals surface area (Å²) < 4.78 is 34.4. The molecule has 0 aromatic heterocycles. The minimum Gasteiger partial charge on any atom is -0.497 e. The van der Waals surface area contributed by atoms with Gasteiger partial charge in [-0.1, -0.05) is 6.07 Å². The van der Waals surface area contributed by atoms with Crippen LogP contribution in [0.5, 0.6) is 5.75 Å². The molecule has 1 saturated carbocycles. The Morgan fingerprint density at radius 1 is 0.969 bits per heavy atom. The summed E-state index contributed by atoms with van der Waals surface area (Å²) >= 11 is 0. The predicted molar refractivity (Wildman–Crippen MR) is 121 cm³/mol. The van der Waals surface area contributed by atoms with Crippen molar-refractivity contribution in [3.8, 4) is 5.75 Å². The van der Waals surface area contributed by atoms with Crippen LogP contribution in [0.1, 0.15) is 41.5 Å². The molecule has 0 radical (unpaired) electrons. The summed E-state index contributed by atoms with van der Waals surface area (Å²) in [6, 6.07) is 7.26. The van der Waals surface area contributed by atoms with Crippen molar-refractivity contribution in [2.45, 2.75) is 63.9 Å². The molecule has 170 valence electrons. The standard InChI is InChI=1S/C24H28N2O5S/c1-14-12-15(2)17(4)23(16(14)3)32(29,30)26(19-6-7-19)21-13-22(27)25(24(21)28)18-8-10-20(31-5)11-9-18/h8-12,19,21H,6-7,13H2,1-5H3. The number of sulfonamides is 1. The molecule has 0 N–H and O–H groups in total. The summed E-state index contributed by atoms with van der Waals surface area (Å²) in [5.74, 6) is -0.303. The number of rotatable bonds is 6. The second-order valence-electron chi connectivity index (χ2n) is 8.64. The number of methoxy groups -OCH3 is 1. The number of carbonyl (C=O) groups excluding carboxylic acids is 2. The Kier molecular flexibility index (Phi) is 5.63. The first-order valence-corrected chi connectivity index (χ1v) is 12.1. The molecular weight excluding hydrogens is 428 g/mol. The van der Waals surface area contributed by atoms with Crippen molar-refractivity contribution in [2.75, 3.05) is 12.0 Å². The number of hydrogen-bond donors (Lipinski definition) is 0. The molecule has 2 amide bonds. The zero-order valence-electron chi connectivity index (χ0n) is 19.0. The number of carbonyl (C=O) groups is 2. The maximum absolute atomic E-state index is 14.0. The highest BCUT2D eigenvalue weighted by atomic mass is 32.2. The lowest BCUT2D eigenvalue weighted by molar-refractivity contribution is -0.122. The second kappa shape index (κ2) is 8.01. The molecule has 1 atom stereocenters. The van der Waals surface area contributed by atoms with Crippen LogP contribution in [0.4, 0.5) is 5.69 Å². The summed E-state index contributed by atoms with van der Waals surface area (Å²) in [4.78, 5) is 27.6. The summed E-state index contributed by atoms with van der Waals surface area (Å²) in [7, 11) is -2.45. The van der Waals surface area contributed by atoms with E-state index >= 15 is 0 Å². The van der Waals surface area contributed by atoms with Crippen LogP contribution in [0.2, 0.25) is 0 Å². The monoisotopic (exact) mass is 456 g/mol. The maximum atomic E-state index is 14.0. The highest BCUT2D eigenvalue weighted by molar-refractivity contribution is 7.89. The largest absolute Gasteiger partial charge is 0.497 e. The van der Waals surface area contributed by atoms with E-state index in [1.165, 1.54) is 11.4 Å². The number of aryl methyl sites for hydroxylation is 2. The number of amides is 2. The lowest BCUT2D eigenvalue weighted by Crippen LogP contribution is -2.47. The van der Waals surface area contributed by atoms with Crippen molar-refractivity contribution in [1.29, 1.82) is 0 Å². The minimum absolute atomic E-state index is 0.163. The van der Waals surface area contributed by atoms with E-state index in [2.05, 4.69) is 0 Å². The van der Waals surface area contributed by atoms with E-state index < -0.39 is 27.9 Å². The van der Waals surface area contributed by atoms with Gasteiger partial charge in [0.05, 0.1) is 24.1 Å². The Hall–Kier alpha value is -2.71. The molecule has 32 heavy (non-hydrogen) atoms. The van der Waals surface area contributed by atoms with Crippen molar-refractivity contribution in [1.82, 2.24) is 4.31 Å². The zero-order chi connectivity index (χ0) is 23.4. The number of imide groups is 1. The first kappa shape index (κ1) is 22.5. The summed E-state index contributed by atoms with van der Waals surface area (Å²) in [5.41, 5.74) is 3.55. The van der Waals surface area contributed by atoms with E-state index in [0.29, 0.717) is 35.4 Å². The molecule has 2 aromatic carbocycles. The van der Waals surface area contributed by atoms with Crippen LogP contribution >= 0.6 is 0 Å². The third-order valence-electron chi connectivity index (χ3n) is 6.50. The van der Waals surface area contributed by atoms with Gasteiger partial charge in [-0.15, -0.1) is 0 Å². The van der Waals surface area contributed by atoms with E-state index in [9.17, 15) is 18.0 Å². The molecule has 2 fully saturated rings. The highest BCUT2D eigenvalue weighted by Crippen LogP contribution is 2.40. The molecule has 1 heterocycles. The molecule has 0 spiro atoms. The molecular formula is C24H28N2O5S. The molecule has 1 saturated heterocycles. The van der Waals surface area contributed by atoms with Crippen molar-refractivity contribution in [3.63, 3.8) is 0 Å². The van der Waals surface area contributed by atoms with E-state index in [4.69, 9.17) is 4.74 Å². The van der Waals surface area contributed by atoms with Gasteiger partial charge >= 0.3 is 0 Å². The van der Waals surface area contributed by atoms with E-state index in [-0.39, 0.29) is 17.4 Å². The quantitative estimate of drug-likeness (QED) is 0.622. The van der Waals surface area contributed by atoms with Gasteiger partial charge < -0.3 is 4.74 Å². The molecule has 2 aromatic rings. The Bertz CT molecular complexity index is 1170. The third-order valence-corrected chi connectivity index (χ3v) is 8.74. The van der Waals surface area contributed by atoms with Crippen LogP contribution in [0.3, 0.4) is 0 Å². The Balaban J connectivity index is 1.76. The van der Waals surface area contributed by atoms with Gasteiger partial charge in [0.2, 0.25) is 15.9 Å². The summed E-state index contributed by atoms with van der Waals surface area (Å²) in [6.07, 6.45) is 1.20. The fourth-order valence-corrected chi connectivity index (χ4v) is 6.85. The molecule has 1 unspecified atom stereocenters. The average Bonchev–Trinajstić information content (AvgIpc) is 3.52. The predicted octanol–water partition coefficient (Wildman–Crippen LogP) is 3.41. The summed E-state index contributed by atoms with van der Waals surface area (Å²) in [5, 5.41) is 0. The molecule has 1 aliphatic heterocycles. The smallest absolute Gasteiger partial charge is 0.252 e. The fraction of sp³-hybridized carbons (Fsp3) is 0.417. The Labute approximate surface area is 189 Å². The van der Waals surface area contributed by atoms with Crippen LogP contribution < -0.4 is 9.64 Å². The van der Waals surface area contributed by atoms with Crippen molar-refractivity contribution < 1.29 is 22.7 Å². The van der Waals surface area contributed by atoms with Crippen LogP contribution in [0.25, 0.3) is 0 Å². The van der Waals surface area contributed by atoms with Crippen molar-refractivity contribution in [3.05, 3.63) is 52.6 Å². The molecule has 8 heteroatoms. The van der Waals surface area contributed by atoms with Gasteiger partial charge in [0.1, 0.15) is 11.8 Å². The normalized spacial score (nSPS) is 19.2. The number of ether oxygens (including phenoxy) is 1. The number of hydrogen-bond acceptors (Lipinski definition) is 5. The number of anilines is 1. The maximum Gasteiger partial charge on any atom is 0.252 e. The second-order valence-corrected chi connectivity index (χ2v) is 10.4. The van der Waals surface area contributed by atoms with Gasteiger partial charge in [-0.2, -0.15) is 4.31 Å². The third kappa shape index (κ3) is 3.61. The van der Waals surface area contributed by atoms with Gasteiger partial charge in [0.25, 0.3) is 5.91 Å². The van der Waals surface area contributed by atoms with Gasteiger partial charge in [-0.3, -0.25) is 9.59 Å². The topological polar surface area (TPSA) is 84.0 Å². The highest BCUT2D eigenvalue weighted by Gasteiger charge is 2.52. The summed E-state index contributed by atoms with van der Waals surface area (Å²) in [6.45, 7) is 7.37. The number of benzene rings is 2. The van der Waals surface area contributed by atoms with E-state index in [1.54, 1.807) is 38.1 Å².